The number of nitrogens with zero attached hydrogens (tertiary/aromatic N) is 1. The molecule has 0 saturated heterocycles. The van der Waals surface area contributed by atoms with Gasteiger partial charge in [-0.25, -0.2) is 0 Å². The molecular formula is C82H57NS2. The molecule has 0 saturated carbocycles. The van der Waals surface area contributed by atoms with Gasteiger partial charge in [-0.15, -0.1) is 22.7 Å². The lowest BCUT2D eigenvalue weighted by molar-refractivity contribution is 0.687. The van der Waals surface area contributed by atoms with Crippen LogP contribution in [0.2, 0.25) is 0 Å². The van der Waals surface area contributed by atoms with Crippen LogP contribution in [-0.4, -0.2) is 4.57 Å². The highest BCUT2D eigenvalue weighted by Crippen LogP contribution is 2.50. The van der Waals surface area contributed by atoms with Crippen LogP contribution in [0.25, 0.3) is 156 Å². The first-order chi connectivity index (χ1) is 42.2. The van der Waals surface area contributed by atoms with Crippen LogP contribution < -0.4 is 0 Å². The van der Waals surface area contributed by atoms with Gasteiger partial charge in [-0.3, -0.25) is 0 Å². The number of aryl methyl sites for hydroxylation is 2. The van der Waals surface area contributed by atoms with Crippen LogP contribution in [-0.2, 0) is 25.7 Å². The van der Waals surface area contributed by atoms with Crippen LogP contribution >= 0.6 is 22.7 Å². The smallest absolute Gasteiger partial charge is 0.0541 e. The van der Waals surface area contributed by atoms with E-state index in [2.05, 4.69) is 253 Å². The number of hydrogen-bond acceptors (Lipinski definition) is 2. The minimum absolute atomic E-state index is 1.14. The summed E-state index contributed by atoms with van der Waals surface area (Å²) >= 11 is 3.94. The maximum atomic E-state index is 2.51. The summed E-state index contributed by atoms with van der Waals surface area (Å²) in [6.07, 6.45) is 9.76. The number of benzene rings is 13. The number of hydrogen-bond donors (Lipinski definition) is 0. The molecule has 1 nitrogen and oxygen atoms in total. The molecule has 2 aliphatic carbocycles. The molecule has 0 N–H and O–H groups in total. The summed E-state index contributed by atoms with van der Waals surface area (Å²) in [4.78, 5) is 0. The van der Waals surface area contributed by atoms with Crippen molar-refractivity contribution in [2.24, 2.45) is 0 Å². The van der Waals surface area contributed by atoms with Crippen LogP contribution in [0, 0.1) is 0 Å². The lowest BCUT2D eigenvalue weighted by Gasteiger charge is -2.19. The van der Waals surface area contributed by atoms with Crippen LogP contribution in [0.15, 0.2) is 249 Å². The van der Waals surface area contributed by atoms with Crippen LogP contribution in [0.5, 0.6) is 0 Å². The van der Waals surface area contributed by atoms with Gasteiger partial charge in [0.2, 0.25) is 0 Å². The summed E-state index contributed by atoms with van der Waals surface area (Å²) in [5.41, 5.74) is 25.3. The largest absolute Gasteiger partial charge is 0.309 e. The molecule has 0 fully saturated rings. The SMILES string of the molecule is c1ccc(-c2c3ccccc3c(-c3ccc(-n4c5ccc(-c6cccc7c6sc6c(-c8cccc9c8CCCC9)cccc67)cc5c5cc(-c6cccc7c6sc6c(-c8cccc9c8CCCC9)cccc67)ccc54)cc3)c3ccccc23)cc1. The first kappa shape index (κ1) is 49.1. The molecule has 0 amide bonds. The first-order valence-corrected chi connectivity index (χ1v) is 32.1. The first-order valence-electron chi connectivity index (χ1n) is 30.5. The third-order valence-electron chi connectivity index (χ3n) is 19.2. The highest BCUT2D eigenvalue weighted by molar-refractivity contribution is 7.27. The van der Waals surface area contributed by atoms with Gasteiger partial charge in [-0.1, -0.05) is 212 Å². The van der Waals surface area contributed by atoms with E-state index in [1.54, 1.807) is 11.1 Å². The Morgan fingerprint density at radius 1 is 0.247 bits per heavy atom. The minimum atomic E-state index is 1.14. The number of rotatable bonds is 7. The standard InChI is InChI=1S/C82H57NS2/c1-2-20-52(21-3-1)77-63-26-8-10-28-65(63)78(66-29-11-9-27-64(66)77)53-40-44-56(45-41-53)83-75-46-42-54(59-30-14-36-69-71-38-16-34-67(81(71)84-79(59)69)61-32-12-22-50-18-4-6-24-57(50)61)48-73(75)74-49-55(43-47-76(74)83)60-31-15-37-70-72-39-17-35-68(82(72)85-80(60)70)62-33-13-23-51-19-5-7-25-58(51)62/h1-3,8-17,20-23,26-49H,4-7,18-19,24-25H2. The van der Waals surface area contributed by atoms with Gasteiger partial charge in [0.05, 0.1) is 11.0 Å². The Kier molecular flexibility index (Phi) is 11.3. The summed E-state index contributed by atoms with van der Waals surface area (Å²) < 4.78 is 7.97. The van der Waals surface area contributed by atoms with Crippen molar-refractivity contribution in [1.82, 2.24) is 4.57 Å². The van der Waals surface area contributed by atoms with Crippen molar-refractivity contribution >= 4 is 106 Å². The van der Waals surface area contributed by atoms with E-state index in [9.17, 15) is 0 Å². The summed E-state index contributed by atoms with van der Waals surface area (Å²) in [6.45, 7) is 0. The molecule has 85 heavy (non-hydrogen) atoms. The Hall–Kier alpha value is -9.38. The molecule has 0 unspecified atom stereocenters. The molecule has 18 rings (SSSR count). The van der Waals surface area contributed by atoms with Gasteiger partial charge >= 0.3 is 0 Å². The summed E-state index contributed by atoms with van der Waals surface area (Å²) in [7, 11) is 0. The summed E-state index contributed by atoms with van der Waals surface area (Å²) in [5, 5.41) is 12.9. The lowest BCUT2D eigenvalue weighted by atomic mass is 9.85. The minimum Gasteiger partial charge on any atom is -0.309 e. The molecule has 0 atom stereocenters. The second-order valence-electron chi connectivity index (χ2n) is 23.8. The van der Waals surface area contributed by atoms with Crippen molar-refractivity contribution in [2.45, 2.75) is 51.4 Å². The van der Waals surface area contributed by atoms with Crippen molar-refractivity contribution in [1.29, 1.82) is 0 Å². The predicted molar refractivity (Wildman–Crippen MR) is 367 cm³/mol. The fourth-order valence-electron chi connectivity index (χ4n) is 15.4. The van der Waals surface area contributed by atoms with E-state index in [-0.39, 0.29) is 0 Å². The third-order valence-corrected chi connectivity index (χ3v) is 21.8. The normalized spacial score (nSPS) is 13.5. The maximum Gasteiger partial charge on any atom is 0.0541 e. The molecule has 402 valence electrons. The zero-order chi connectivity index (χ0) is 55.7. The Morgan fingerprint density at radius 3 is 1.06 bits per heavy atom. The average molecular weight is 1120 g/mol. The van der Waals surface area contributed by atoms with E-state index < -0.39 is 0 Å². The number of fused-ring (bicyclic) bond motifs is 13. The van der Waals surface area contributed by atoms with Gasteiger partial charge < -0.3 is 4.57 Å². The van der Waals surface area contributed by atoms with Gasteiger partial charge in [0.25, 0.3) is 0 Å². The van der Waals surface area contributed by atoms with Crippen molar-refractivity contribution in [3.8, 4) is 72.4 Å². The second kappa shape index (κ2) is 19.6. The topological polar surface area (TPSA) is 4.93 Å². The van der Waals surface area contributed by atoms with E-state index in [1.807, 2.05) is 22.7 Å². The van der Waals surface area contributed by atoms with Crippen LogP contribution in [0.3, 0.4) is 0 Å². The van der Waals surface area contributed by atoms with Crippen molar-refractivity contribution in [3.63, 3.8) is 0 Å². The fourth-order valence-corrected chi connectivity index (χ4v) is 18.1. The quantitative estimate of drug-likeness (QED) is 0.140. The zero-order valence-electron chi connectivity index (χ0n) is 47.1. The molecule has 0 aliphatic heterocycles. The summed E-state index contributed by atoms with van der Waals surface area (Å²) in [5.74, 6) is 0. The van der Waals surface area contributed by atoms with Crippen LogP contribution in [0.1, 0.15) is 47.9 Å². The zero-order valence-corrected chi connectivity index (χ0v) is 48.7. The predicted octanol–water partition coefficient (Wildman–Crippen LogP) is 23.6. The molecule has 2 aliphatic rings. The Bertz CT molecular complexity index is 5130. The molecule has 0 spiro atoms. The molecule has 13 aromatic carbocycles. The lowest BCUT2D eigenvalue weighted by Crippen LogP contribution is -2.04. The molecular weight excluding hydrogens is 1060 g/mol. The van der Waals surface area contributed by atoms with E-state index in [0.717, 1.165) is 18.5 Å². The molecule has 0 radical (unpaired) electrons. The van der Waals surface area contributed by atoms with Gasteiger partial charge in [-0.2, -0.15) is 0 Å². The van der Waals surface area contributed by atoms with Crippen molar-refractivity contribution in [3.05, 3.63) is 271 Å². The average Bonchev–Trinajstić information content (AvgIpc) is 2.85. The van der Waals surface area contributed by atoms with Gasteiger partial charge in [0, 0.05) is 56.8 Å². The number of aromatic nitrogens is 1. The van der Waals surface area contributed by atoms with E-state index in [0.29, 0.717) is 0 Å². The Labute approximate surface area is 502 Å². The van der Waals surface area contributed by atoms with Gasteiger partial charge in [0.15, 0.2) is 0 Å². The monoisotopic (exact) mass is 1120 g/mol. The third kappa shape index (κ3) is 7.66. The number of thiophene rings is 2. The molecule has 3 aromatic heterocycles. The molecule has 3 heterocycles. The maximum absolute atomic E-state index is 2.51. The highest BCUT2D eigenvalue weighted by Gasteiger charge is 2.24. The van der Waals surface area contributed by atoms with Crippen molar-refractivity contribution < 1.29 is 0 Å². The van der Waals surface area contributed by atoms with Crippen molar-refractivity contribution in [2.75, 3.05) is 0 Å². The second-order valence-corrected chi connectivity index (χ2v) is 25.8. The van der Waals surface area contributed by atoms with E-state index >= 15 is 0 Å². The van der Waals surface area contributed by atoms with Crippen LogP contribution in [0.4, 0.5) is 0 Å². The molecule has 0 bridgehead atoms. The fraction of sp³-hybridized carbons (Fsp3) is 0.0976. The Balaban J connectivity index is 0.826. The highest BCUT2D eigenvalue weighted by atomic mass is 32.1. The Morgan fingerprint density at radius 2 is 0.600 bits per heavy atom. The summed E-state index contributed by atoms with van der Waals surface area (Å²) in [6, 6.07) is 94.8. The van der Waals surface area contributed by atoms with Gasteiger partial charge in [-0.05, 0) is 198 Å². The van der Waals surface area contributed by atoms with E-state index in [1.165, 1.54) is 200 Å². The molecule has 3 heteroatoms. The molecule has 16 aromatic rings. The van der Waals surface area contributed by atoms with Gasteiger partial charge in [0.1, 0.15) is 0 Å². The van der Waals surface area contributed by atoms with E-state index in [4.69, 9.17) is 0 Å².